The number of ether oxygens (including phenoxy) is 2. The van der Waals surface area contributed by atoms with Crippen molar-refractivity contribution < 1.29 is 23.9 Å². The highest BCUT2D eigenvalue weighted by Gasteiger charge is 2.44. The largest absolute Gasteiger partial charge is 0.516 e. The molecule has 0 radical (unpaired) electrons. The first-order valence-corrected chi connectivity index (χ1v) is 12.7. The Kier molecular flexibility index (Phi) is 9.55. The zero-order valence-electron chi connectivity index (χ0n) is 22.3. The van der Waals surface area contributed by atoms with Crippen LogP contribution in [0.1, 0.15) is 56.8 Å². The van der Waals surface area contributed by atoms with Gasteiger partial charge in [-0.2, -0.15) is 0 Å². The van der Waals surface area contributed by atoms with E-state index >= 15 is 0 Å². The molecule has 38 heavy (non-hydrogen) atoms. The maximum Gasteiger partial charge on any atom is 0.516 e. The monoisotopic (exact) mass is 516 g/mol. The first kappa shape index (κ1) is 28.8. The lowest BCUT2D eigenvalue weighted by Gasteiger charge is -2.38. The highest BCUT2D eigenvalue weighted by atomic mass is 16.7. The Balaban J connectivity index is 2.02. The van der Waals surface area contributed by atoms with Crippen molar-refractivity contribution in [3.63, 3.8) is 0 Å². The van der Waals surface area contributed by atoms with E-state index in [1.807, 2.05) is 73.7 Å². The summed E-state index contributed by atoms with van der Waals surface area (Å²) in [6.45, 7) is 6.89. The summed E-state index contributed by atoms with van der Waals surface area (Å²) in [5, 5.41) is 3.27. The van der Waals surface area contributed by atoms with Gasteiger partial charge in [-0.1, -0.05) is 97.9 Å². The van der Waals surface area contributed by atoms with Gasteiger partial charge in [0.2, 0.25) is 0 Å². The van der Waals surface area contributed by atoms with E-state index < -0.39 is 35.3 Å². The number of hydrogen-bond acceptors (Lipinski definition) is 7. The summed E-state index contributed by atoms with van der Waals surface area (Å²) in [5.41, 5.74) is 6.43. The second kappa shape index (κ2) is 12.6. The maximum atomic E-state index is 14.2. The lowest BCUT2D eigenvalue weighted by atomic mass is 9.78. The van der Waals surface area contributed by atoms with Crippen LogP contribution < -0.4 is 11.1 Å². The van der Waals surface area contributed by atoms with Crippen LogP contribution in [0.5, 0.6) is 0 Å². The summed E-state index contributed by atoms with van der Waals surface area (Å²) in [6.07, 6.45) is -0.491. The van der Waals surface area contributed by atoms with Gasteiger partial charge < -0.3 is 15.2 Å². The topological polar surface area (TPSA) is 108 Å². The minimum absolute atomic E-state index is 0.277. The van der Waals surface area contributed by atoms with Crippen LogP contribution in [-0.4, -0.2) is 29.6 Å². The van der Waals surface area contributed by atoms with Crippen molar-refractivity contribution in [3.05, 3.63) is 108 Å². The third-order valence-corrected chi connectivity index (χ3v) is 6.19. The number of rotatable bonds is 10. The molecule has 0 saturated heterocycles. The molecule has 0 spiro atoms. The quantitative estimate of drug-likeness (QED) is 0.280. The van der Waals surface area contributed by atoms with Gasteiger partial charge in [-0.15, -0.1) is 0 Å². The average molecular weight is 517 g/mol. The molecule has 3 rings (SSSR count). The molecule has 7 nitrogen and oxygen atoms in total. The van der Waals surface area contributed by atoms with E-state index in [-0.39, 0.29) is 5.78 Å². The summed E-state index contributed by atoms with van der Waals surface area (Å²) in [5.74, 6) is -1.16. The molecule has 200 valence electrons. The normalized spacial score (nSPS) is 14.6. The van der Waals surface area contributed by atoms with Crippen molar-refractivity contribution in [1.29, 1.82) is 0 Å². The van der Waals surface area contributed by atoms with Crippen LogP contribution in [0.2, 0.25) is 0 Å². The number of Topliss-reactive ketones (excluding diaryl/α,β-unsaturated/α-hetero) is 1. The van der Waals surface area contributed by atoms with Crippen molar-refractivity contribution >= 4 is 17.9 Å². The third-order valence-electron chi connectivity index (χ3n) is 6.19. The Morgan fingerprint density at radius 3 is 1.89 bits per heavy atom. The molecule has 3 atom stereocenters. The van der Waals surface area contributed by atoms with Crippen LogP contribution in [0, 0.1) is 0 Å². The highest BCUT2D eigenvalue weighted by molar-refractivity contribution is 5.95. The first-order chi connectivity index (χ1) is 18.1. The van der Waals surface area contributed by atoms with Crippen molar-refractivity contribution in [3.8, 4) is 0 Å². The van der Waals surface area contributed by atoms with Gasteiger partial charge in [0.05, 0.1) is 6.04 Å². The van der Waals surface area contributed by atoms with Gasteiger partial charge in [0, 0.05) is 0 Å². The number of nitrogens with two attached hydrogens (primary N) is 1. The Morgan fingerprint density at radius 2 is 1.37 bits per heavy atom. The molecule has 3 aromatic carbocycles. The van der Waals surface area contributed by atoms with E-state index in [1.54, 1.807) is 45.0 Å². The molecule has 0 saturated carbocycles. The minimum Gasteiger partial charge on any atom is -0.428 e. The minimum atomic E-state index is -1.34. The SMILES string of the molecule is CCC(NC(C(=O)OC(=O)OC(C)(C)C)c1ccccc1)(C(=O)[C@@H](N)Cc1ccccc1)c1ccccc1. The fraction of sp³-hybridized carbons (Fsp3) is 0.323. The van der Waals surface area contributed by atoms with Crippen LogP contribution in [0.3, 0.4) is 0 Å². The van der Waals surface area contributed by atoms with Crippen LogP contribution in [-0.2, 0) is 31.0 Å². The Labute approximate surface area is 224 Å². The predicted molar refractivity (Wildman–Crippen MR) is 146 cm³/mol. The number of nitrogens with one attached hydrogen (secondary N) is 1. The second-order valence-corrected chi connectivity index (χ2v) is 10.2. The smallest absolute Gasteiger partial charge is 0.428 e. The van der Waals surface area contributed by atoms with Crippen molar-refractivity contribution in [2.24, 2.45) is 5.73 Å². The molecule has 3 aromatic rings. The molecule has 3 N–H and O–H groups in total. The molecule has 0 heterocycles. The zero-order chi connectivity index (χ0) is 27.8. The van der Waals surface area contributed by atoms with Crippen molar-refractivity contribution in [2.75, 3.05) is 0 Å². The van der Waals surface area contributed by atoms with E-state index in [0.717, 1.165) is 5.56 Å². The summed E-state index contributed by atoms with van der Waals surface area (Å²) in [4.78, 5) is 40.0. The van der Waals surface area contributed by atoms with Crippen molar-refractivity contribution in [2.45, 2.75) is 63.8 Å². The number of carbonyl (C=O) groups is 3. The number of benzene rings is 3. The zero-order valence-corrected chi connectivity index (χ0v) is 22.3. The van der Waals surface area contributed by atoms with E-state index in [4.69, 9.17) is 15.2 Å². The first-order valence-electron chi connectivity index (χ1n) is 12.7. The summed E-state index contributed by atoms with van der Waals surface area (Å²) >= 11 is 0. The van der Waals surface area contributed by atoms with Gasteiger partial charge in [-0.05, 0) is 50.3 Å². The molecule has 7 heteroatoms. The van der Waals surface area contributed by atoms with Gasteiger partial charge in [0.1, 0.15) is 17.2 Å². The highest BCUT2D eigenvalue weighted by Crippen LogP contribution is 2.32. The van der Waals surface area contributed by atoms with Crippen LogP contribution in [0.4, 0.5) is 4.79 Å². The standard InChI is InChI=1S/C31H36N2O5/c1-5-31(24-19-13-8-14-20-24,27(34)25(32)21-22-15-9-6-10-16-22)33-26(23-17-11-7-12-18-23)28(35)37-29(36)38-30(2,3)4/h6-20,25-26,33H,5,21,32H2,1-4H3/t25-,26?,31?/m0/s1. The van der Waals surface area contributed by atoms with Gasteiger partial charge >= 0.3 is 12.1 Å². The number of esters is 1. The number of hydrogen-bond donors (Lipinski definition) is 2. The summed E-state index contributed by atoms with van der Waals surface area (Å²) in [7, 11) is 0. The summed E-state index contributed by atoms with van der Waals surface area (Å²) in [6, 6.07) is 25.5. The Bertz CT molecular complexity index is 1210. The molecule has 0 aromatic heterocycles. The van der Waals surface area contributed by atoms with Gasteiger partial charge in [0.15, 0.2) is 5.78 Å². The van der Waals surface area contributed by atoms with Gasteiger partial charge in [0.25, 0.3) is 0 Å². The second-order valence-electron chi connectivity index (χ2n) is 10.2. The molecule has 0 fully saturated rings. The van der Waals surface area contributed by atoms with Gasteiger partial charge in [-0.3, -0.25) is 10.1 Å². The fourth-order valence-electron chi connectivity index (χ4n) is 4.36. The van der Waals surface area contributed by atoms with Crippen LogP contribution in [0.15, 0.2) is 91.0 Å². The van der Waals surface area contributed by atoms with E-state index in [2.05, 4.69) is 5.32 Å². The number of ketones is 1. The van der Waals surface area contributed by atoms with Gasteiger partial charge in [-0.25, -0.2) is 9.59 Å². The maximum absolute atomic E-state index is 14.2. The van der Waals surface area contributed by atoms with E-state index in [9.17, 15) is 14.4 Å². The summed E-state index contributed by atoms with van der Waals surface area (Å²) < 4.78 is 10.3. The Hall–Kier alpha value is -3.81. The van der Waals surface area contributed by atoms with Crippen LogP contribution in [0.25, 0.3) is 0 Å². The van der Waals surface area contributed by atoms with E-state index in [0.29, 0.717) is 24.0 Å². The lowest BCUT2D eigenvalue weighted by molar-refractivity contribution is -0.145. The molecular weight excluding hydrogens is 480 g/mol. The fourth-order valence-corrected chi connectivity index (χ4v) is 4.36. The van der Waals surface area contributed by atoms with Crippen LogP contribution >= 0.6 is 0 Å². The predicted octanol–water partition coefficient (Wildman–Crippen LogP) is 5.24. The average Bonchev–Trinajstić information content (AvgIpc) is 2.89. The molecule has 0 aliphatic heterocycles. The molecule has 0 amide bonds. The molecule has 2 unspecified atom stereocenters. The number of carbonyl (C=O) groups excluding carboxylic acids is 3. The van der Waals surface area contributed by atoms with Crippen molar-refractivity contribution in [1.82, 2.24) is 5.32 Å². The third kappa shape index (κ3) is 7.37. The molecule has 0 aliphatic carbocycles. The lowest BCUT2D eigenvalue weighted by Crippen LogP contribution is -2.57. The molecule has 0 bridgehead atoms. The van der Waals surface area contributed by atoms with E-state index in [1.165, 1.54) is 0 Å². The molecule has 0 aliphatic rings. The Morgan fingerprint density at radius 1 is 0.842 bits per heavy atom. The molecular formula is C31H36N2O5.